The Bertz CT molecular complexity index is 1010. The molecule has 1 aromatic carbocycles. The number of benzene rings is 1. The summed E-state index contributed by atoms with van der Waals surface area (Å²) in [5.74, 6) is 0.195. The number of hydrogen-bond acceptors (Lipinski definition) is 5. The van der Waals surface area contributed by atoms with Crippen LogP contribution in [0.4, 0.5) is 0 Å². The van der Waals surface area contributed by atoms with Crippen molar-refractivity contribution in [3.8, 4) is 0 Å². The molecule has 2 aliphatic heterocycles. The van der Waals surface area contributed by atoms with E-state index in [1.54, 1.807) is 36.9 Å². The molecule has 6 heteroatoms. The number of nitrogens with zero attached hydrogens (tertiary/aromatic N) is 4. The van der Waals surface area contributed by atoms with Crippen LogP contribution in [0.2, 0.25) is 0 Å². The average molecular weight is 400 g/mol. The first-order valence-corrected chi connectivity index (χ1v) is 10.2. The van der Waals surface area contributed by atoms with Crippen molar-refractivity contribution in [2.24, 2.45) is 0 Å². The lowest BCUT2D eigenvalue weighted by Gasteiger charge is -2.70. The fourth-order valence-electron chi connectivity index (χ4n) is 5.13. The first-order valence-electron chi connectivity index (χ1n) is 10.2. The molecule has 3 aromatic rings. The number of aromatic nitrogens is 2. The number of carbonyl (C=O) groups excluding carboxylic acids is 1. The minimum Gasteiger partial charge on any atom is -0.395 e. The van der Waals surface area contributed by atoms with Crippen molar-refractivity contribution >= 4 is 5.91 Å². The maximum absolute atomic E-state index is 12.9. The van der Waals surface area contributed by atoms with Crippen LogP contribution in [0.1, 0.15) is 27.4 Å². The molecule has 1 spiro atoms. The van der Waals surface area contributed by atoms with Crippen LogP contribution in [0.25, 0.3) is 0 Å². The largest absolute Gasteiger partial charge is 0.395 e. The zero-order chi connectivity index (χ0) is 20.6. The van der Waals surface area contributed by atoms with Gasteiger partial charge >= 0.3 is 0 Å². The minimum atomic E-state index is -0.171. The SMILES string of the molecule is O=C(c1cccnc1)N1CC2(C1)[C@@H](c1ccccc1)[C@@H](CO)N2Cc1ccncc1. The van der Waals surface area contributed by atoms with E-state index in [1.807, 2.05) is 35.2 Å². The first kappa shape index (κ1) is 18.9. The third kappa shape index (κ3) is 3.00. The zero-order valence-electron chi connectivity index (χ0n) is 16.6. The highest BCUT2D eigenvalue weighted by Crippen LogP contribution is 2.54. The monoisotopic (exact) mass is 400 g/mol. The number of carbonyl (C=O) groups is 1. The Hall–Kier alpha value is -3.09. The van der Waals surface area contributed by atoms with Gasteiger partial charge in [0.15, 0.2) is 0 Å². The number of aliphatic hydroxyl groups is 1. The van der Waals surface area contributed by atoms with E-state index in [9.17, 15) is 9.90 Å². The van der Waals surface area contributed by atoms with E-state index in [0.717, 1.165) is 12.1 Å². The molecule has 6 nitrogen and oxygen atoms in total. The number of rotatable bonds is 5. The Kier molecular flexibility index (Phi) is 4.81. The van der Waals surface area contributed by atoms with Crippen LogP contribution in [0.15, 0.2) is 79.4 Å². The predicted octanol–water partition coefficient (Wildman–Crippen LogP) is 2.33. The molecule has 1 amide bonds. The molecule has 2 atom stereocenters. The highest BCUT2D eigenvalue weighted by molar-refractivity contribution is 5.94. The molecule has 2 aromatic heterocycles. The molecule has 1 N–H and O–H groups in total. The highest BCUT2D eigenvalue weighted by atomic mass is 16.3. The van der Waals surface area contributed by atoms with Crippen molar-refractivity contribution in [1.82, 2.24) is 19.8 Å². The van der Waals surface area contributed by atoms with Crippen LogP contribution in [-0.4, -0.2) is 62.1 Å². The van der Waals surface area contributed by atoms with Gasteiger partial charge in [-0.3, -0.25) is 19.7 Å². The maximum atomic E-state index is 12.9. The van der Waals surface area contributed by atoms with Gasteiger partial charge in [0.2, 0.25) is 0 Å². The van der Waals surface area contributed by atoms with E-state index in [-0.39, 0.29) is 30.0 Å². The molecule has 2 fully saturated rings. The van der Waals surface area contributed by atoms with Gasteiger partial charge in [-0.05, 0) is 35.4 Å². The molecule has 0 radical (unpaired) electrons. The quantitative estimate of drug-likeness (QED) is 0.712. The molecule has 2 saturated heterocycles. The van der Waals surface area contributed by atoms with Crippen molar-refractivity contribution in [2.75, 3.05) is 19.7 Å². The Morgan fingerprint density at radius 2 is 1.77 bits per heavy atom. The van der Waals surface area contributed by atoms with Crippen molar-refractivity contribution in [1.29, 1.82) is 0 Å². The fourth-order valence-corrected chi connectivity index (χ4v) is 5.13. The van der Waals surface area contributed by atoms with Gasteiger partial charge in [0.25, 0.3) is 5.91 Å². The van der Waals surface area contributed by atoms with Crippen LogP contribution < -0.4 is 0 Å². The lowest BCUT2D eigenvalue weighted by Crippen LogP contribution is -2.84. The molecule has 5 rings (SSSR count). The Morgan fingerprint density at radius 1 is 1.00 bits per heavy atom. The van der Waals surface area contributed by atoms with Crippen LogP contribution in [0, 0.1) is 0 Å². The normalized spacial score (nSPS) is 22.4. The average Bonchev–Trinajstić information content (AvgIpc) is 2.77. The van der Waals surface area contributed by atoms with Crippen LogP contribution in [0.3, 0.4) is 0 Å². The fraction of sp³-hybridized carbons (Fsp3) is 0.292. The second-order valence-corrected chi connectivity index (χ2v) is 8.13. The molecule has 0 bridgehead atoms. The van der Waals surface area contributed by atoms with Gasteiger partial charge in [-0.15, -0.1) is 0 Å². The van der Waals surface area contributed by atoms with Gasteiger partial charge < -0.3 is 10.0 Å². The molecule has 4 heterocycles. The minimum absolute atomic E-state index is 0.0110. The van der Waals surface area contributed by atoms with Crippen molar-refractivity contribution in [2.45, 2.75) is 24.0 Å². The number of amides is 1. The van der Waals surface area contributed by atoms with Gasteiger partial charge in [0.05, 0.1) is 17.7 Å². The zero-order valence-corrected chi connectivity index (χ0v) is 16.6. The molecular weight excluding hydrogens is 376 g/mol. The predicted molar refractivity (Wildman–Crippen MR) is 113 cm³/mol. The van der Waals surface area contributed by atoms with E-state index in [1.165, 1.54) is 5.56 Å². The van der Waals surface area contributed by atoms with Gasteiger partial charge in [-0.2, -0.15) is 0 Å². The summed E-state index contributed by atoms with van der Waals surface area (Å²) in [6.07, 6.45) is 6.88. The van der Waals surface area contributed by atoms with Crippen molar-refractivity contribution < 1.29 is 9.90 Å². The summed E-state index contributed by atoms with van der Waals surface area (Å²) in [6.45, 7) is 2.10. The maximum Gasteiger partial charge on any atom is 0.255 e. The third-order valence-corrected chi connectivity index (χ3v) is 6.51. The van der Waals surface area contributed by atoms with E-state index < -0.39 is 0 Å². The summed E-state index contributed by atoms with van der Waals surface area (Å²) in [4.78, 5) is 25.4. The summed E-state index contributed by atoms with van der Waals surface area (Å²) < 4.78 is 0. The van der Waals surface area contributed by atoms with Gasteiger partial charge in [-0.25, -0.2) is 0 Å². The van der Waals surface area contributed by atoms with Crippen molar-refractivity contribution in [3.05, 3.63) is 96.1 Å². The lowest BCUT2D eigenvalue weighted by molar-refractivity contribution is -0.184. The highest BCUT2D eigenvalue weighted by Gasteiger charge is 2.66. The molecule has 0 aliphatic carbocycles. The first-order chi connectivity index (χ1) is 14.7. The van der Waals surface area contributed by atoms with Crippen LogP contribution in [0.5, 0.6) is 0 Å². The molecule has 2 aliphatic rings. The summed E-state index contributed by atoms with van der Waals surface area (Å²) >= 11 is 0. The number of aliphatic hydroxyl groups excluding tert-OH is 1. The summed E-state index contributed by atoms with van der Waals surface area (Å²) in [6, 6.07) is 18.0. The van der Waals surface area contributed by atoms with Crippen LogP contribution in [-0.2, 0) is 6.54 Å². The van der Waals surface area contributed by atoms with E-state index in [4.69, 9.17) is 0 Å². The van der Waals surface area contributed by atoms with E-state index in [2.05, 4.69) is 27.0 Å². The van der Waals surface area contributed by atoms with E-state index in [0.29, 0.717) is 18.7 Å². The smallest absolute Gasteiger partial charge is 0.255 e. The molecule has 0 unspecified atom stereocenters. The van der Waals surface area contributed by atoms with Gasteiger partial charge in [0.1, 0.15) is 0 Å². The Balaban J connectivity index is 1.43. The van der Waals surface area contributed by atoms with E-state index >= 15 is 0 Å². The molecule has 152 valence electrons. The second-order valence-electron chi connectivity index (χ2n) is 8.13. The van der Waals surface area contributed by atoms with Crippen LogP contribution >= 0.6 is 0 Å². The van der Waals surface area contributed by atoms with Crippen molar-refractivity contribution in [3.63, 3.8) is 0 Å². The standard InChI is InChI=1S/C24H24N4O2/c29-15-21-22(19-5-2-1-3-6-19)24(28(21)14-18-8-11-25-12-9-18)16-27(17-24)23(30)20-7-4-10-26-13-20/h1-13,21-22,29H,14-17H2/t21-,22+/m1/s1. The second kappa shape index (κ2) is 7.63. The number of likely N-dealkylation sites (tertiary alicyclic amines) is 2. The Morgan fingerprint density at radius 3 is 2.43 bits per heavy atom. The number of pyridine rings is 2. The van der Waals surface area contributed by atoms with Gasteiger partial charge in [-0.1, -0.05) is 30.3 Å². The number of hydrogen-bond donors (Lipinski definition) is 1. The van der Waals surface area contributed by atoms with Gasteiger partial charge in [0, 0.05) is 56.4 Å². The molecule has 0 saturated carbocycles. The Labute approximate surface area is 175 Å². The topological polar surface area (TPSA) is 69.6 Å². The summed E-state index contributed by atoms with van der Waals surface area (Å²) in [5.41, 5.74) is 2.82. The summed E-state index contributed by atoms with van der Waals surface area (Å²) in [5, 5.41) is 10.2. The molecule has 30 heavy (non-hydrogen) atoms. The third-order valence-electron chi connectivity index (χ3n) is 6.51. The summed E-state index contributed by atoms with van der Waals surface area (Å²) in [7, 11) is 0. The lowest BCUT2D eigenvalue weighted by atomic mass is 9.60. The molecular formula is C24H24N4O2.